The molecular weight excluding hydrogens is 444 g/mol. The quantitative estimate of drug-likeness (QED) is 0.377. The average Bonchev–Trinajstić information content (AvgIpc) is 3.56. The lowest BCUT2D eigenvalue weighted by atomic mass is 10.1. The van der Waals surface area contributed by atoms with Crippen molar-refractivity contribution in [3.63, 3.8) is 0 Å². The van der Waals surface area contributed by atoms with Gasteiger partial charge in [0.15, 0.2) is 0 Å². The molecule has 1 amide bonds. The highest BCUT2D eigenvalue weighted by Gasteiger charge is 2.34. The van der Waals surface area contributed by atoms with Gasteiger partial charge in [-0.1, -0.05) is 29.8 Å². The Balaban J connectivity index is 1.32. The van der Waals surface area contributed by atoms with Crippen LogP contribution in [0.15, 0.2) is 58.7 Å². The van der Waals surface area contributed by atoms with Gasteiger partial charge in [-0.25, -0.2) is 9.97 Å². The van der Waals surface area contributed by atoms with E-state index in [-0.39, 0.29) is 11.9 Å². The number of aryl methyl sites for hydroxylation is 1. The third-order valence-corrected chi connectivity index (χ3v) is 7.00. The first-order valence-electron chi connectivity index (χ1n) is 10.5. The van der Waals surface area contributed by atoms with Crippen molar-refractivity contribution in [1.82, 2.24) is 19.9 Å². The first-order valence-corrected chi connectivity index (χ1v) is 11.7. The summed E-state index contributed by atoms with van der Waals surface area (Å²) in [4.78, 5) is 29.3. The minimum atomic E-state index is -0.175. The molecule has 1 aliphatic rings. The number of thiazole rings is 1. The molecule has 6 nitrogen and oxygen atoms in total. The number of likely N-dealkylation sites (tertiary alicyclic amines) is 1. The number of aromatic nitrogens is 3. The van der Waals surface area contributed by atoms with Crippen LogP contribution in [-0.2, 0) is 6.42 Å². The first-order chi connectivity index (χ1) is 15.6. The number of benzene rings is 1. The molecule has 0 N–H and O–H groups in total. The smallest absolute Gasteiger partial charge is 0.256 e. The standard InChI is InChI=1S/C24H21ClN4O2S/c1-15-22(32-14-28-15)20-9-8-17(12-26-20)24(30)29-10-4-7-21(29)23-27-13-18(31-23)11-16-5-2-3-6-19(16)25/h2-3,5-6,8-9,12-14,21H,4,7,10-11H2,1H3/t21-/m0/s1. The second-order valence-electron chi connectivity index (χ2n) is 7.79. The molecule has 1 saturated heterocycles. The van der Waals surface area contributed by atoms with E-state index in [9.17, 15) is 4.79 Å². The summed E-state index contributed by atoms with van der Waals surface area (Å²) in [6.45, 7) is 2.62. The average molecular weight is 465 g/mol. The topological polar surface area (TPSA) is 72.1 Å². The van der Waals surface area contributed by atoms with Crippen molar-refractivity contribution in [2.45, 2.75) is 32.2 Å². The van der Waals surface area contributed by atoms with Crippen LogP contribution in [0.5, 0.6) is 0 Å². The summed E-state index contributed by atoms with van der Waals surface area (Å²) in [7, 11) is 0. The zero-order valence-corrected chi connectivity index (χ0v) is 19.1. The Morgan fingerprint density at radius 1 is 1.19 bits per heavy atom. The molecule has 162 valence electrons. The van der Waals surface area contributed by atoms with Crippen LogP contribution in [0.3, 0.4) is 0 Å². The Morgan fingerprint density at radius 2 is 2.06 bits per heavy atom. The third kappa shape index (κ3) is 4.06. The van der Waals surface area contributed by atoms with E-state index in [1.165, 1.54) is 0 Å². The van der Waals surface area contributed by atoms with E-state index in [2.05, 4.69) is 15.0 Å². The number of halogens is 1. The van der Waals surface area contributed by atoms with Gasteiger partial charge in [-0.2, -0.15) is 0 Å². The molecule has 0 aliphatic carbocycles. The fourth-order valence-electron chi connectivity index (χ4n) is 4.02. The maximum atomic E-state index is 13.2. The minimum Gasteiger partial charge on any atom is -0.443 e. The van der Waals surface area contributed by atoms with Crippen molar-refractivity contribution in [3.05, 3.63) is 87.8 Å². The fraction of sp³-hybridized carbons (Fsp3) is 0.250. The van der Waals surface area contributed by atoms with Crippen LogP contribution < -0.4 is 0 Å². The summed E-state index contributed by atoms with van der Waals surface area (Å²) < 4.78 is 6.04. The lowest BCUT2D eigenvalue weighted by molar-refractivity contribution is 0.0714. The summed E-state index contributed by atoms with van der Waals surface area (Å²) in [6.07, 6.45) is 5.67. The predicted molar refractivity (Wildman–Crippen MR) is 124 cm³/mol. The van der Waals surface area contributed by atoms with Gasteiger partial charge in [-0.05, 0) is 43.5 Å². The number of hydrogen-bond donors (Lipinski definition) is 0. The van der Waals surface area contributed by atoms with Crippen LogP contribution in [0, 0.1) is 6.92 Å². The fourth-order valence-corrected chi connectivity index (χ4v) is 5.01. The van der Waals surface area contributed by atoms with E-state index in [1.807, 2.05) is 48.2 Å². The number of hydrogen-bond acceptors (Lipinski definition) is 6. The molecule has 4 aromatic rings. The van der Waals surface area contributed by atoms with Crippen LogP contribution in [0.25, 0.3) is 10.6 Å². The summed E-state index contributed by atoms with van der Waals surface area (Å²) >= 11 is 7.81. The highest BCUT2D eigenvalue weighted by molar-refractivity contribution is 7.13. The van der Waals surface area contributed by atoms with Crippen molar-refractivity contribution in [2.75, 3.05) is 6.54 Å². The molecule has 1 atom stereocenters. The molecule has 32 heavy (non-hydrogen) atoms. The Kier molecular flexibility index (Phi) is 5.76. The summed E-state index contributed by atoms with van der Waals surface area (Å²) in [6, 6.07) is 11.2. The van der Waals surface area contributed by atoms with Crippen LogP contribution in [0.1, 0.15) is 52.1 Å². The van der Waals surface area contributed by atoms with Crippen molar-refractivity contribution < 1.29 is 9.21 Å². The third-order valence-electron chi connectivity index (χ3n) is 5.68. The summed E-state index contributed by atoms with van der Waals surface area (Å²) in [5, 5.41) is 0.701. The minimum absolute atomic E-state index is 0.0570. The van der Waals surface area contributed by atoms with Gasteiger partial charge in [0.05, 0.1) is 33.5 Å². The normalized spacial score (nSPS) is 15.9. The number of oxazole rings is 1. The molecule has 3 aromatic heterocycles. The summed E-state index contributed by atoms with van der Waals surface area (Å²) in [5.74, 6) is 1.25. The molecular formula is C24H21ClN4O2S. The molecule has 1 fully saturated rings. The Bertz CT molecular complexity index is 1250. The second-order valence-corrected chi connectivity index (χ2v) is 9.05. The zero-order chi connectivity index (χ0) is 22.1. The largest absolute Gasteiger partial charge is 0.443 e. The molecule has 0 bridgehead atoms. The highest BCUT2D eigenvalue weighted by atomic mass is 35.5. The molecule has 0 spiro atoms. The van der Waals surface area contributed by atoms with Crippen LogP contribution in [0.2, 0.25) is 5.02 Å². The van der Waals surface area contributed by atoms with Crippen LogP contribution in [-0.4, -0.2) is 32.3 Å². The van der Waals surface area contributed by atoms with Crippen molar-refractivity contribution in [1.29, 1.82) is 0 Å². The Labute approximate surface area is 194 Å². The molecule has 0 unspecified atom stereocenters. The van der Waals surface area contributed by atoms with E-state index in [4.69, 9.17) is 16.0 Å². The number of carbonyl (C=O) groups excluding carboxylic acids is 1. The van der Waals surface area contributed by atoms with Crippen LogP contribution in [0.4, 0.5) is 0 Å². The lowest BCUT2D eigenvalue weighted by Gasteiger charge is -2.22. The van der Waals surface area contributed by atoms with Gasteiger partial charge >= 0.3 is 0 Å². The van der Waals surface area contributed by atoms with Gasteiger partial charge in [0.25, 0.3) is 5.91 Å². The predicted octanol–water partition coefficient (Wildman–Crippen LogP) is 5.72. The number of carbonyl (C=O) groups is 1. The van der Waals surface area contributed by atoms with E-state index in [0.717, 1.165) is 40.4 Å². The molecule has 0 saturated carbocycles. The van der Waals surface area contributed by atoms with Gasteiger partial charge < -0.3 is 9.32 Å². The molecule has 1 aliphatic heterocycles. The second kappa shape index (κ2) is 8.84. The monoisotopic (exact) mass is 464 g/mol. The number of nitrogens with zero attached hydrogens (tertiary/aromatic N) is 4. The van der Waals surface area contributed by atoms with Gasteiger partial charge in [-0.3, -0.25) is 9.78 Å². The molecule has 5 rings (SSSR count). The van der Waals surface area contributed by atoms with Gasteiger partial charge in [-0.15, -0.1) is 11.3 Å². The Hall–Kier alpha value is -3.03. The number of amides is 1. The van der Waals surface area contributed by atoms with E-state index < -0.39 is 0 Å². The zero-order valence-electron chi connectivity index (χ0n) is 17.5. The Morgan fingerprint density at radius 3 is 2.81 bits per heavy atom. The number of pyridine rings is 1. The highest BCUT2D eigenvalue weighted by Crippen LogP contribution is 2.34. The maximum Gasteiger partial charge on any atom is 0.256 e. The van der Waals surface area contributed by atoms with Gasteiger partial charge in [0.1, 0.15) is 11.8 Å². The molecule has 8 heteroatoms. The van der Waals surface area contributed by atoms with Crippen molar-refractivity contribution in [2.24, 2.45) is 0 Å². The van der Waals surface area contributed by atoms with Gasteiger partial charge in [0.2, 0.25) is 5.89 Å². The van der Waals surface area contributed by atoms with E-state index >= 15 is 0 Å². The lowest BCUT2D eigenvalue weighted by Crippen LogP contribution is -2.30. The van der Waals surface area contributed by atoms with E-state index in [1.54, 1.807) is 29.2 Å². The first kappa shape index (κ1) is 20.8. The maximum absolute atomic E-state index is 13.2. The van der Waals surface area contributed by atoms with Crippen molar-refractivity contribution in [3.8, 4) is 10.6 Å². The summed E-state index contributed by atoms with van der Waals surface area (Å²) in [5.41, 5.74) is 5.12. The molecule has 1 aromatic carbocycles. The number of rotatable bonds is 5. The van der Waals surface area contributed by atoms with Crippen LogP contribution >= 0.6 is 22.9 Å². The van der Waals surface area contributed by atoms with Crippen molar-refractivity contribution >= 4 is 28.8 Å². The van der Waals surface area contributed by atoms with Gasteiger partial charge in [0, 0.05) is 24.2 Å². The molecule has 0 radical (unpaired) electrons. The SMILES string of the molecule is Cc1ncsc1-c1ccc(C(=O)N2CCC[C@H]2c2ncc(Cc3ccccc3Cl)o2)cn1. The molecule has 4 heterocycles. The van der Waals surface area contributed by atoms with E-state index in [0.29, 0.717) is 29.4 Å².